The van der Waals surface area contributed by atoms with E-state index >= 15 is 0 Å². The second-order valence-electron chi connectivity index (χ2n) is 4.48. The van der Waals surface area contributed by atoms with Crippen LogP contribution < -0.4 is 5.32 Å². The zero-order valence-corrected chi connectivity index (χ0v) is 10.4. The van der Waals surface area contributed by atoms with Gasteiger partial charge in [-0.1, -0.05) is 0 Å². The standard InChI is InChI=1S/C12H21N3O/c1-9(13-2)10-8-11(15(3)14-10)12-6-4-5-7-16-12/h8-9,12-13H,4-7H2,1-3H3. The Bertz CT molecular complexity index is 342. The maximum Gasteiger partial charge on any atom is 0.0991 e. The SMILES string of the molecule is CNC(C)c1cc(C2CCCCO2)n(C)n1. The van der Waals surface area contributed by atoms with Gasteiger partial charge in [0.1, 0.15) is 0 Å². The molecule has 16 heavy (non-hydrogen) atoms. The van der Waals surface area contributed by atoms with E-state index in [1.807, 2.05) is 18.8 Å². The first kappa shape index (κ1) is 11.6. The number of aromatic nitrogens is 2. The summed E-state index contributed by atoms with van der Waals surface area (Å²) >= 11 is 0. The fraction of sp³-hybridized carbons (Fsp3) is 0.750. The van der Waals surface area contributed by atoms with Crippen molar-refractivity contribution in [3.63, 3.8) is 0 Å². The van der Waals surface area contributed by atoms with Crippen LogP contribution in [0.5, 0.6) is 0 Å². The van der Waals surface area contributed by atoms with Crippen LogP contribution in [0.4, 0.5) is 0 Å². The van der Waals surface area contributed by atoms with Crippen LogP contribution in [-0.4, -0.2) is 23.4 Å². The lowest BCUT2D eigenvalue weighted by molar-refractivity contribution is 0.0101. The van der Waals surface area contributed by atoms with Gasteiger partial charge in [0.25, 0.3) is 0 Å². The monoisotopic (exact) mass is 223 g/mol. The molecule has 0 spiro atoms. The molecule has 1 saturated heterocycles. The van der Waals surface area contributed by atoms with E-state index in [2.05, 4.69) is 23.4 Å². The number of rotatable bonds is 3. The van der Waals surface area contributed by atoms with Gasteiger partial charge in [-0.05, 0) is 39.3 Å². The molecule has 0 aromatic carbocycles. The Hall–Kier alpha value is -0.870. The molecule has 0 radical (unpaired) electrons. The summed E-state index contributed by atoms with van der Waals surface area (Å²) in [5.41, 5.74) is 2.30. The summed E-state index contributed by atoms with van der Waals surface area (Å²) in [5.74, 6) is 0. The van der Waals surface area contributed by atoms with E-state index in [1.54, 1.807) is 0 Å². The fourth-order valence-electron chi connectivity index (χ4n) is 2.14. The van der Waals surface area contributed by atoms with E-state index in [0.29, 0.717) is 6.04 Å². The zero-order chi connectivity index (χ0) is 11.5. The topological polar surface area (TPSA) is 39.1 Å². The molecular weight excluding hydrogens is 202 g/mol. The van der Waals surface area contributed by atoms with Crippen LogP contribution in [0.15, 0.2) is 6.07 Å². The first-order chi connectivity index (χ1) is 7.72. The molecule has 90 valence electrons. The number of nitrogens with zero attached hydrogens (tertiary/aromatic N) is 2. The molecule has 2 heterocycles. The number of hydrogen-bond acceptors (Lipinski definition) is 3. The first-order valence-electron chi connectivity index (χ1n) is 6.05. The van der Waals surface area contributed by atoms with Gasteiger partial charge in [0.05, 0.1) is 17.5 Å². The van der Waals surface area contributed by atoms with Crippen LogP contribution >= 0.6 is 0 Å². The highest BCUT2D eigenvalue weighted by Crippen LogP contribution is 2.28. The first-order valence-corrected chi connectivity index (χ1v) is 6.05. The third-order valence-electron chi connectivity index (χ3n) is 3.32. The van der Waals surface area contributed by atoms with Crippen LogP contribution in [0.1, 0.15) is 49.7 Å². The van der Waals surface area contributed by atoms with Gasteiger partial charge in [-0.2, -0.15) is 5.10 Å². The third-order valence-corrected chi connectivity index (χ3v) is 3.32. The summed E-state index contributed by atoms with van der Waals surface area (Å²) in [6.45, 7) is 3.00. The van der Waals surface area contributed by atoms with E-state index in [9.17, 15) is 0 Å². The van der Waals surface area contributed by atoms with Crippen molar-refractivity contribution in [3.05, 3.63) is 17.5 Å². The summed E-state index contributed by atoms with van der Waals surface area (Å²) in [6.07, 6.45) is 3.80. The average Bonchev–Trinajstić information content (AvgIpc) is 2.71. The Kier molecular flexibility index (Phi) is 3.61. The van der Waals surface area contributed by atoms with E-state index in [-0.39, 0.29) is 6.10 Å². The molecule has 2 atom stereocenters. The maximum atomic E-state index is 5.79. The van der Waals surface area contributed by atoms with Gasteiger partial charge in [0, 0.05) is 19.7 Å². The van der Waals surface area contributed by atoms with Crippen LogP contribution in [0, 0.1) is 0 Å². The Morgan fingerprint density at radius 1 is 1.56 bits per heavy atom. The van der Waals surface area contributed by atoms with Crippen molar-refractivity contribution in [1.29, 1.82) is 0 Å². The smallest absolute Gasteiger partial charge is 0.0991 e. The molecule has 4 nitrogen and oxygen atoms in total. The largest absolute Gasteiger partial charge is 0.372 e. The molecule has 0 amide bonds. The van der Waals surface area contributed by atoms with Gasteiger partial charge in [-0.3, -0.25) is 4.68 Å². The second-order valence-corrected chi connectivity index (χ2v) is 4.48. The van der Waals surface area contributed by atoms with Gasteiger partial charge in [-0.25, -0.2) is 0 Å². The Balaban J connectivity index is 2.17. The Labute approximate surface area is 97.0 Å². The highest BCUT2D eigenvalue weighted by Gasteiger charge is 2.21. The predicted molar refractivity (Wildman–Crippen MR) is 63.2 cm³/mol. The number of aryl methyl sites for hydroxylation is 1. The number of nitrogens with one attached hydrogen (secondary N) is 1. The minimum absolute atomic E-state index is 0.240. The molecule has 0 aliphatic carbocycles. The molecule has 2 unspecified atom stereocenters. The summed E-state index contributed by atoms with van der Waals surface area (Å²) in [4.78, 5) is 0. The lowest BCUT2D eigenvalue weighted by Crippen LogP contribution is -2.14. The molecule has 1 aliphatic rings. The molecule has 1 N–H and O–H groups in total. The van der Waals surface area contributed by atoms with Crippen LogP contribution in [0.2, 0.25) is 0 Å². The second kappa shape index (κ2) is 4.97. The lowest BCUT2D eigenvalue weighted by atomic mass is 10.1. The van der Waals surface area contributed by atoms with Crippen molar-refractivity contribution in [3.8, 4) is 0 Å². The highest BCUT2D eigenvalue weighted by atomic mass is 16.5. The fourth-order valence-corrected chi connectivity index (χ4v) is 2.14. The zero-order valence-electron chi connectivity index (χ0n) is 10.4. The van der Waals surface area contributed by atoms with Crippen molar-refractivity contribution in [2.75, 3.05) is 13.7 Å². The van der Waals surface area contributed by atoms with Crippen molar-refractivity contribution in [2.45, 2.75) is 38.3 Å². The van der Waals surface area contributed by atoms with E-state index in [4.69, 9.17) is 4.74 Å². The van der Waals surface area contributed by atoms with E-state index < -0.39 is 0 Å². The number of hydrogen-bond donors (Lipinski definition) is 1. The molecule has 0 bridgehead atoms. The van der Waals surface area contributed by atoms with Gasteiger partial charge < -0.3 is 10.1 Å². The molecule has 4 heteroatoms. The molecule has 0 saturated carbocycles. The Morgan fingerprint density at radius 3 is 3.00 bits per heavy atom. The van der Waals surface area contributed by atoms with Crippen molar-refractivity contribution in [2.24, 2.45) is 7.05 Å². The molecule has 1 aliphatic heterocycles. The quantitative estimate of drug-likeness (QED) is 0.851. The molecule has 1 aromatic heterocycles. The summed E-state index contributed by atoms with van der Waals surface area (Å²) in [7, 11) is 3.95. The molecule has 1 aromatic rings. The van der Waals surface area contributed by atoms with Crippen molar-refractivity contribution < 1.29 is 4.74 Å². The third kappa shape index (κ3) is 2.28. The molecule has 2 rings (SSSR count). The van der Waals surface area contributed by atoms with E-state index in [1.165, 1.54) is 18.5 Å². The number of ether oxygens (including phenoxy) is 1. The van der Waals surface area contributed by atoms with E-state index in [0.717, 1.165) is 18.7 Å². The maximum absolute atomic E-state index is 5.79. The minimum atomic E-state index is 0.240. The summed E-state index contributed by atoms with van der Waals surface area (Å²) < 4.78 is 7.75. The highest BCUT2D eigenvalue weighted by molar-refractivity contribution is 5.16. The van der Waals surface area contributed by atoms with Gasteiger partial charge in [-0.15, -0.1) is 0 Å². The predicted octanol–water partition coefficient (Wildman–Crippen LogP) is 1.94. The van der Waals surface area contributed by atoms with Crippen LogP contribution in [0.3, 0.4) is 0 Å². The van der Waals surface area contributed by atoms with Gasteiger partial charge >= 0.3 is 0 Å². The normalized spacial score (nSPS) is 23.3. The molecule has 1 fully saturated rings. The average molecular weight is 223 g/mol. The minimum Gasteiger partial charge on any atom is -0.372 e. The van der Waals surface area contributed by atoms with Gasteiger partial charge in [0.2, 0.25) is 0 Å². The summed E-state index contributed by atoms with van der Waals surface area (Å²) in [6, 6.07) is 2.46. The van der Waals surface area contributed by atoms with Crippen molar-refractivity contribution >= 4 is 0 Å². The summed E-state index contributed by atoms with van der Waals surface area (Å²) in [5, 5.41) is 7.74. The molecular formula is C12H21N3O. The lowest BCUT2D eigenvalue weighted by Gasteiger charge is -2.22. The Morgan fingerprint density at radius 2 is 2.38 bits per heavy atom. The van der Waals surface area contributed by atoms with Crippen molar-refractivity contribution in [1.82, 2.24) is 15.1 Å². The van der Waals surface area contributed by atoms with Gasteiger partial charge in [0.15, 0.2) is 0 Å². The van der Waals surface area contributed by atoms with Crippen LogP contribution in [0.25, 0.3) is 0 Å². The van der Waals surface area contributed by atoms with Crippen LogP contribution in [-0.2, 0) is 11.8 Å².